The molecule has 0 aliphatic carbocycles. The van der Waals surface area contributed by atoms with E-state index in [1.807, 2.05) is 13.8 Å². The van der Waals surface area contributed by atoms with E-state index in [0.29, 0.717) is 26.1 Å². The molecule has 1 rings (SSSR count). The Bertz CT molecular complexity index is 238. The number of hydrogen-bond acceptors (Lipinski definition) is 2. The van der Waals surface area contributed by atoms with Crippen molar-refractivity contribution in [3.05, 3.63) is 0 Å². The van der Waals surface area contributed by atoms with E-state index in [-0.39, 0.29) is 12.1 Å². The fourth-order valence-electron chi connectivity index (χ4n) is 1.59. The molecule has 1 aliphatic rings. The summed E-state index contributed by atoms with van der Waals surface area (Å²) in [5.41, 5.74) is 5.16. The summed E-state index contributed by atoms with van der Waals surface area (Å²) in [5, 5.41) is 0. The topological polar surface area (TPSA) is 66.6 Å². The highest BCUT2D eigenvalue weighted by molar-refractivity contribution is 5.87. The van der Waals surface area contributed by atoms with Crippen LogP contribution in [0.1, 0.15) is 20.3 Å². The van der Waals surface area contributed by atoms with Gasteiger partial charge in [0.15, 0.2) is 0 Å². The van der Waals surface area contributed by atoms with Crippen LogP contribution in [-0.4, -0.2) is 47.4 Å². The number of amides is 3. The van der Waals surface area contributed by atoms with Crippen LogP contribution in [0.25, 0.3) is 0 Å². The third-order valence-corrected chi connectivity index (χ3v) is 2.63. The SMILES string of the molecule is CCN(CC)C(=O)N1CCC1C(N)=O. The molecule has 0 saturated carbocycles. The highest BCUT2D eigenvalue weighted by Crippen LogP contribution is 2.18. The molecule has 1 atom stereocenters. The lowest BCUT2D eigenvalue weighted by Gasteiger charge is -2.41. The number of likely N-dealkylation sites (tertiary alicyclic amines) is 1. The van der Waals surface area contributed by atoms with Gasteiger partial charge in [0.2, 0.25) is 5.91 Å². The second-order valence-electron chi connectivity index (χ2n) is 3.36. The minimum absolute atomic E-state index is 0.0787. The molecule has 3 amide bonds. The van der Waals surface area contributed by atoms with Crippen LogP contribution in [0.4, 0.5) is 4.79 Å². The first-order valence-corrected chi connectivity index (χ1v) is 4.96. The van der Waals surface area contributed by atoms with Crippen LogP contribution in [0.3, 0.4) is 0 Å². The van der Waals surface area contributed by atoms with Crippen LogP contribution in [0, 0.1) is 0 Å². The van der Waals surface area contributed by atoms with Gasteiger partial charge >= 0.3 is 6.03 Å². The number of carbonyl (C=O) groups excluding carboxylic acids is 2. The molecule has 0 aromatic carbocycles. The van der Waals surface area contributed by atoms with Crippen LogP contribution >= 0.6 is 0 Å². The van der Waals surface area contributed by atoms with E-state index < -0.39 is 5.91 Å². The largest absolute Gasteiger partial charge is 0.368 e. The Hall–Kier alpha value is -1.26. The molecule has 1 fully saturated rings. The van der Waals surface area contributed by atoms with Crippen molar-refractivity contribution >= 4 is 11.9 Å². The fraction of sp³-hybridized carbons (Fsp3) is 0.778. The Morgan fingerprint density at radius 3 is 2.29 bits per heavy atom. The van der Waals surface area contributed by atoms with Crippen LogP contribution < -0.4 is 5.73 Å². The van der Waals surface area contributed by atoms with Gasteiger partial charge in [-0.2, -0.15) is 0 Å². The van der Waals surface area contributed by atoms with E-state index in [2.05, 4.69) is 0 Å². The molecular weight excluding hydrogens is 182 g/mol. The Balaban J connectivity index is 2.57. The van der Waals surface area contributed by atoms with Crippen molar-refractivity contribution in [2.75, 3.05) is 19.6 Å². The summed E-state index contributed by atoms with van der Waals surface area (Å²) >= 11 is 0. The molecule has 5 heteroatoms. The number of nitrogens with zero attached hydrogens (tertiary/aromatic N) is 2. The fourth-order valence-corrected chi connectivity index (χ4v) is 1.59. The van der Waals surface area contributed by atoms with Crippen molar-refractivity contribution in [3.63, 3.8) is 0 Å². The van der Waals surface area contributed by atoms with Gasteiger partial charge in [0, 0.05) is 19.6 Å². The van der Waals surface area contributed by atoms with Crippen molar-refractivity contribution in [1.82, 2.24) is 9.80 Å². The third kappa shape index (κ3) is 1.81. The standard InChI is InChI=1S/C9H17N3O2/c1-3-11(4-2)9(14)12-6-5-7(12)8(10)13/h7H,3-6H2,1-2H3,(H2,10,13). The molecule has 0 aromatic rings. The average Bonchev–Trinajstić information content (AvgIpc) is 2.02. The maximum atomic E-state index is 11.7. The van der Waals surface area contributed by atoms with E-state index in [4.69, 9.17) is 5.73 Å². The first-order chi connectivity index (χ1) is 6.61. The molecule has 5 nitrogen and oxygen atoms in total. The van der Waals surface area contributed by atoms with Gasteiger partial charge in [-0.1, -0.05) is 0 Å². The van der Waals surface area contributed by atoms with Gasteiger partial charge in [0.05, 0.1) is 0 Å². The number of carbonyl (C=O) groups is 2. The van der Waals surface area contributed by atoms with Gasteiger partial charge in [-0.25, -0.2) is 4.79 Å². The summed E-state index contributed by atoms with van der Waals surface area (Å²) in [5.74, 6) is -0.406. The highest BCUT2D eigenvalue weighted by atomic mass is 16.2. The summed E-state index contributed by atoms with van der Waals surface area (Å²) in [6.45, 7) is 5.80. The minimum Gasteiger partial charge on any atom is -0.368 e. The van der Waals surface area contributed by atoms with Crippen LogP contribution in [0.15, 0.2) is 0 Å². The van der Waals surface area contributed by atoms with Gasteiger partial charge in [-0.05, 0) is 20.3 Å². The van der Waals surface area contributed by atoms with E-state index >= 15 is 0 Å². The Labute approximate surface area is 83.8 Å². The third-order valence-electron chi connectivity index (χ3n) is 2.63. The second-order valence-corrected chi connectivity index (χ2v) is 3.36. The van der Waals surface area contributed by atoms with Crippen LogP contribution in [0.2, 0.25) is 0 Å². The summed E-state index contributed by atoms with van der Waals surface area (Å²) in [6, 6.07) is -0.465. The maximum absolute atomic E-state index is 11.7. The molecule has 14 heavy (non-hydrogen) atoms. The number of primary amides is 1. The van der Waals surface area contributed by atoms with Gasteiger partial charge in [-0.15, -0.1) is 0 Å². The van der Waals surface area contributed by atoms with Crippen LogP contribution in [-0.2, 0) is 4.79 Å². The van der Waals surface area contributed by atoms with Gasteiger partial charge < -0.3 is 15.5 Å². The molecule has 1 saturated heterocycles. The molecule has 1 unspecified atom stereocenters. The average molecular weight is 199 g/mol. The second kappa shape index (κ2) is 4.30. The van der Waals surface area contributed by atoms with Crippen LogP contribution in [0.5, 0.6) is 0 Å². The van der Waals surface area contributed by atoms with Gasteiger partial charge in [-0.3, -0.25) is 4.79 Å². The summed E-state index contributed by atoms with van der Waals surface area (Å²) in [6.07, 6.45) is 0.697. The molecule has 1 heterocycles. The molecule has 0 aromatic heterocycles. The number of hydrogen-bond donors (Lipinski definition) is 1. The lowest BCUT2D eigenvalue weighted by atomic mass is 10.0. The maximum Gasteiger partial charge on any atom is 0.320 e. The van der Waals surface area contributed by atoms with Crippen molar-refractivity contribution in [2.24, 2.45) is 5.73 Å². The number of nitrogens with two attached hydrogens (primary N) is 1. The zero-order valence-electron chi connectivity index (χ0n) is 8.69. The zero-order chi connectivity index (χ0) is 10.7. The smallest absolute Gasteiger partial charge is 0.320 e. The Kier molecular flexibility index (Phi) is 3.33. The first kappa shape index (κ1) is 10.8. The van der Waals surface area contributed by atoms with E-state index in [9.17, 15) is 9.59 Å². The normalized spacial score (nSPS) is 20.1. The van der Waals surface area contributed by atoms with Crippen molar-refractivity contribution in [1.29, 1.82) is 0 Å². The van der Waals surface area contributed by atoms with E-state index in [1.165, 1.54) is 4.90 Å². The Morgan fingerprint density at radius 1 is 1.43 bits per heavy atom. The van der Waals surface area contributed by atoms with Crippen molar-refractivity contribution in [3.8, 4) is 0 Å². The number of rotatable bonds is 3. The highest BCUT2D eigenvalue weighted by Gasteiger charge is 2.37. The summed E-state index contributed by atoms with van der Waals surface area (Å²) in [7, 11) is 0. The Morgan fingerprint density at radius 2 is 2.00 bits per heavy atom. The predicted molar refractivity (Wildman–Crippen MR) is 52.6 cm³/mol. The van der Waals surface area contributed by atoms with Crippen molar-refractivity contribution < 1.29 is 9.59 Å². The first-order valence-electron chi connectivity index (χ1n) is 4.96. The number of urea groups is 1. The summed E-state index contributed by atoms with van der Waals surface area (Å²) in [4.78, 5) is 25.9. The lowest BCUT2D eigenvalue weighted by molar-refractivity contribution is -0.125. The monoisotopic (exact) mass is 199 g/mol. The molecule has 80 valence electrons. The molecule has 0 bridgehead atoms. The van der Waals surface area contributed by atoms with Gasteiger partial charge in [0.1, 0.15) is 6.04 Å². The van der Waals surface area contributed by atoms with Crippen molar-refractivity contribution in [2.45, 2.75) is 26.3 Å². The minimum atomic E-state index is -0.406. The molecule has 0 spiro atoms. The zero-order valence-corrected chi connectivity index (χ0v) is 8.69. The summed E-state index contributed by atoms with van der Waals surface area (Å²) < 4.78 is 0. The molecule has 1 aliphatic heterocycles. The van der Waals surface area contributed by atoms with E-state index in [0.717, 1.165) is 0 Å². The lowest BCUT2D eigenvalue weighted by Crippen LogP contribution is -2.60. The molecule has 0 radical (unpaired) electrons. The van der Waals surface area contributed by atoms with Gasteiger partial charge in [0.25, 0.3) is 0 Å². The van der Waals surface area contributed by atoms with E-state index in [1.54, 1.807) is 4.90 Å². The molecular formula is C9H17N3O2. The molecule has 2 N–H and O–H groups in total. The quantitative estimate of drug-likeness (QED) is 0.695. The predicted octanol–water partition coefficient (Wildman–Crippen LogP) is 0.00780.